The van der Waals surface area contributed by atoms with Gasteiger partial charge in [-0.15, -0.1) is 6.58 Å². The lowest BCUT2D eigenvalue weighted by Gasteiger charge is -2.28. The van der Waals surface area contributed by atoms with E-state index in [4.69, 9.17) is 4.74 Å². The van der Waals surface area contributed by atoms with Crippen LogP contribution in [0.5, 0.6) is 0 Å². The van der Waals surface area contributed by atoms with E-state index >= 15 is 0 Å². The quantitative estimate of drug-likeness (QED) is 0.448. The summed E-state index contributed by atoms with van der Waals surface area (Å²) in [4.78, 5) is 10.0. The Bertz CT molecular complexity index is 138. The fraction of sp³-hybridized carbons (Fsp3) is 0.667. The van der Waals surface area contributed by atoms with E-state index in [9.17, 15) is 4.79 Å². The zero-order valence-corrected chi connectivity index (χ0v) is 7.46. The second-order valence-corrected chi connectivity index (χ2v) is 3.11. The SMILES string of the molecule is C=CC(C)C(C)(C)OCC=O. The second kappa shape index (κ2) is 4.29. The summed E-state index contributed by atoms with van der Waals surface area (Å²) in [5.41, 5.74) is -0.289. The molecule has 0 rings (SSSR count). The third-order valence-corrected chi connectivity index (χ3v) is 1.97. The van der Waals surface area contributed by atoms with Crippen LogP contribution in [0.2, 0.25) is 0 Å². The third kappa shape index (κ3) is 3.33. The molecule has 0 aliphatic carbocycles. The number of rotatable bonds is 5. The van der Waals surface area contributed by atoms with Crippen LogP contribution < -0.4 is 0 Å². The zero-order valence-electron chi connectivity index (χ0n) is 7.46. The molecule has 2 heteroatoms. The van der Waals surface area contributed by atoms with Crippen molar-refractivity contribution in [2.75, 3.05) is 6.61 Å². The number of ether oxygens (including phenoxy) is 1. The monoisotopic (exact) mass is 156 g/mol. The molecular formula is C9H16O2. The van der Waals surface area contributed by atoms with Gasteiger partial charge in [-0.05, 0) is 13.8 Å². The lowest BCUT2D eigenvalue weighted by Crippen LogP contribution is -2.32. The Balaban J connectivity index is 3.96. The Kier molecular flexibility index (Phi) is 4.04. The minimum atomic E-state index is -0.289. The fourth-order valence-electron chi connectivity index (χ4n) is 0.664. The summed E-state index contributed by atoms with van der Waals surface area (Å²) >= 11 is 0. The standard InChI is InChI=1S/C9H16O2/c1-5-8(2)9(3,4)11-7-6-10/h5-6,8H,1,7H2,2-4H3. The van der Waals surface area contributed by atoms with E-state index in [0.29, 0.717) is 0 Å². The molecule has 0 amide bonds. The largest absolute Gasteiger partial charge is 0.368 e. The Labute approximate surface area is 68.2 Å². The van der Waals surface area contributed by atoms with Crippen LogP contribution >= 0.6 is 0 Å². The number of hydrogen-bond acceptors (Lipinski definition) is 2. The van der Waals surface area contributed by atoms with Crippen molar-refractivity contribution in [3.05, 3.63) is 12.7 Å². The maximum atomic E-state index is 10.0. The Morgan fingerprint density at radius 1 is 1.64 bits per heavy atom. The first kappa shape index (κ1) is 10.4. The lowest BCUT2D eigenvalue weighted by molar-refractivity contribution is -0.119. The first-order valence-corrected chi connectivity index (χ1v) is 3.74. The van der Waals surface area contributed by atoms with Crippen molar-refractivity contribution in [1.82, 2.24) is 0 Å². The number of carbonyl (C=O) groups is 1. The summed E-state index contributed by atoms with van der Waals surface area (Å²) in [6, 6.07) is 0. The molecule has 0 fully saturated rings. The summed E-state index contributed by atoms with van der Waals surface area (Å²) < 4.78 is 5.29. The molecule has 0 saturated carbocycles. The number of hydrogen-bond donors (Lipinski definition) is 0. The van der Waals surface area contributed by atoms with Gasteiger partial charge in [-0.1, -0.05) is 13.0 Å². The molecule has 0 aliphatic heterocycles. The first-order chi connectivity index (χ1) is 5.04. The molecule has 0 aliphatic rings. The summed E-state index contributed by atoms with van der Waals surface area (Å²) in [7, 11) is 0. The van der Waals surface area contributed by atoms with E-state index in [2.05, 4.69) is 6.58 Å². The van der Waals surface area contributed by atoms with Crippen molar-refractivity contribution in [3.8, 4) is 0 Å². The van der Waals surface area contributed by atoms with Crippen molar-refractivity contribution in [2.24, 2.45) is 5.92 Å². The molecule has 0 heterocycles. The Morgan fingerprint density at radius 3 is 2.55 bits per heavy atom. The van der Waals surface area contributed by atoms with Crippen molar-refractivity contribution in [2.45, 2.75) is 26.4 Å². The minimum Gasteiger partial charge on any atom is -0.368 e. The summed E-state index contributed by atoms with van der Waals surface area (Å²) in [5, 5.41) is 0. The van der Waals surface area contributed by atoms with Crippen LogP contribution in [0.25, 0.3) is 0 Å². The van der Waals surface area contributed by atoms with Gasteiger partial charge in [-0.3, -0.25) is 0 Å². The van der Waals surface area contributed by atoms with Gasteiger partial charge in [0.05, 0.1) is 5.60 Å². The molecule has 1 atom stereocenters. The highest BCUT2D eigenvalue weighted by Gasteiger charge is 2.23. The van der Waals surface area contributed by atoms with Gasteiger partial charge in [-0.25, -0.2) is 0 Å². The lowest BCUT2D eigenvalue weighted by atomic mass is 9.93. The van der Waals surface area contributed by atoms with Crippen LogP contribution in [0.3, 0.4) is 0 Å². The molecular weight excluding hydrogens is 140 g/mol. The third-order valence-electron chi connectivity index (χ3n) is 1.97. The molecule has 0 radical (unpaired) electrons. The molecule has 0 saturated heterocycles. The highest BCUT2D eigenvalue weighted by Crippen LogP contribution is 2.20. The zero-order chi connectivity index (χ0) is 8.91. The average Bonchev–Trinajstić information content (AvgIpc) is 1.99. The van der Waals surface area contributed by atoms with Crippen LogP contribution in [0.4, 0.5) is 0 Å². The predicted octanol–water partition coefficient (Wildman–Crippen LogP) is 1.80. The highest BCUT2D eigenvalue weighted by atomic mass is 16.5. The van der Waals surface area contributed by atoms with Crippen molar-refractivity contribution >= 4 is 6.29 Å². The molecule has 2 nitrogen and oxygen atoms in total. The van der Waals surface area contributed by atoms with Crippen molar-refractivity contribution in [3.63, 3.8) is 0 Å². The predicted molar refractivity (Wildman–Crippen MR) is 45.5 cm³/mol. The molecule has 11 heavy (non-hydrogen) atoms. The van der Waals surface area contributed by atoms with Gasteiger partial charge in [0, 0.05) is 5.92 Å². The summed E-state index contributed by atoms with van der Waals surface area (Å²) in [5.74, 6) is 0.252. The average molecular weight is 156 g/mol. The molecule has 0 spiro atoms. The summed E-state index contributed by atoms with van der Waals surface area (Å²) in [6.07, 6.45) is 2.59. The van der Waals surface area contributed by atoms with E-state index in [0.717, 1.165) is 6.29 Å². The smallest absolute Gasteiger partial charge is 0.145 e. The van der Waals surface area contributed by atoms with E-state index in [1.54, 1.807) is 0 Å². The van der Waals surface area contributed by atoms with Crippen molar-refractivity contribution in [1.29, 1.82) is 0 Å². The topological polar surface area (TPSA) is 26.3 Å². The molecule has 1 unspecified atom stereocenters. The molecule has 0 aromatic carbocycles. The second-order valence-electron chi connectivity index (χ2n) is 3.11. The van der Waals surface area contributed by atoms with Gasteiger partial charge in [0.1, 0.15) is 12.9 Å². The van der Waals surface area contributed by atoms with E-state index in [-0.39, 0.29) is 18.1 Å². The van der Waals surface area contributed by atoms with Crippen LogP contribution in [-0.4, -0.2) is 18.5 Å². The Hall–Kier alpha value is -0.630. The van der Waals surface area contributed by atoms with Crippen LogP contribution in [-0.2, 0) is 9.53 Å². The normalized spacial score (nSPS) is 14.1. The molecule has 64 valence electrons. The minimum absolute atomic E-state index is 0.158. The number of aldehydes is 1. The highest BCUT2D eigenvalue weighted by molar-refractivity contribution is 5.50. The van der Waals surface area contributed by atoms with E-state index < -0.39 is 0 Å². The molecule has 0 bridgehead atoms. The maximum Gasteiger partial charge on any atom is 0.145 e. The van der Waals surface area contributed by atoms with Crippen LogP contribution in [0.1, 0.15) is 20.8 Å². The van der Waals surface area contributed by atoms with E-state index in [1.807, 2.05) is 26.8 Å². The van der Waals surface area contributed by atoms with Crippen molar-refractivity contribution < 1.29 is 9.53 Å². The summed E-state index contributed by atoms with van der Waals surface area (Å²) in [6.45, 7) is 9.73. The maximum absolute atomic E-state index is 10.0. The van der Waals surface area contributed by atoms with Gasteiger partial charge >= 0.3 is 0 Å². The first-order valence-electron chi connectivity index (χ1n) is 3.74. The molecule has 0 aromatic heterocycles. The van der Waals surface area contributed by atoms with Gasteiger partial charge in [0.25, 0.3) is 0 Å². The van der Waals surface area contributed by atoms with Gasteiger partial charge in [0.15, 0.2) is 0 Å². The van der Waals surface area contributed by atoms with Gasteiger partial charge in [-0.2, -0.15) is 0 Å². The van der Waals surface area contributed by atoms with Gasteiger partial charge in [0.2, 0.25) is 0 Å². The van der Waals surface area contributed by atoms with Crippen LogP contribution in [0, 0.1) is 5.92 Å². The molecule has 0 N–H and O–H groups in total. The Morgan fingerprint density at radius 2 is 2.18 bits per heavy atom. The fourth-order valence-corrected chi connectivity index (χ4v) is 0.664. The molecule has 0 aromatic rings. The van der Waals surface area contributed by atoms with E-state index in [1.165, 1.54) is 0 Å². The van der Waals surface area contributed by atoms with Gasteiger partial charge < -0.3 is 9.53 Å². The van der Waals surface area contributed by atoms with Crippen LogP contribution in [0.15, 0.2) is 12.7 Å². The number of carbonyl (C=O) groups excluding carboxylic acids is 1.